The summed E-state index contributed by atoms with van der Waals surface area (Å²) in [6.45, 7) is 0. The summed E-state index contributed by atoms with van der Waals surface area (Å²) in [5.41, 5.74) is 6.52. The van der Waals surface area contributed by atoms with Gasteiger partial charge in [-0.3, -0.25) is 9.38 Å². The van der Waals surface area contributed by atoms with Crippen molar-refractivity contribution < 1.29 is 0 Å². The van der Waals surface area contributed by atoms with Crippen molar-refractivity contribution in [1.82, 2.24) is 14.4 Å². The van der Waals surface area contributed by atoms with E-state index in [1.165, 1.54) is 27.1 Å². The monoisotopic (exact) mass is 395 g/mol. The lowest BCUT2D eigenvalue weighted by molar-refractivity contribution is 1.26. The van der Waals surface area contributed by atoms with Gasteiger partial charge in [0.15, 0.2) is 0 Å². The number of fused-ring (bicyclic) bond motifs is 7. The van der Waals surface area contributed by atoms with Crippen LogP contribution in [0.4, 0.5) is 0 Å². The van der Waals surface area contributed by atoms with Crippen molar-refractivity contribution in [2.24, 2.45) is 0 Å². The highest BCUT2D eigenvalue weighted by Crippen LogP contribution is 2.39. The van der Waals surface area contributed by atoms with Crippen LogP contribution in [0.1, 0.15) is 0 Å². The molecule has 7 rings (SSSR count). The molecule has 0 saturated heterocycles. The van der Waals surface area contributed by atoms with Gasteiger partial charge in [-0.15, -0.1) is 0 Å². The molecule has 0 aliphatic rings. The molecule has 0 spiro atoms. The van der Waals surface area contributed by atoms with Crippen molar-refractivity contribution in [2.45, 2.75) is 0 Å². The number of rotatable bonds is 1. The van der Waals surface area contributed by atoms with Gasteiger partial charge in [0.05, 0.1) is 22.7 Å². The van der Waals surface area contributed by atoms with Gasteiger partial charge in [-0.2, -0.15) is 0 Å². The fraction of sp³-hybridized carbons (Fsp3) is 0. The van der Waals surface area contributed by atoms with Crippen LogP contribution >= 0.6 is 0 Å². The lowest BCUT2D eigenvalue weighted by Crippen LogP contribution is -1.89. The zero-order chi connectivity index (χ0) is 20.4. The van der Waals surface area contributed by atoms with Crippen molar-refractivity contribution in [1.29, 1.82) is 0 Å². The predicted octanol–water partition coefficient (Wildman–Crippen LogP) is 7.01. The van der Waals surface area contributed by atoms with E-state index in [-0.39, 0.29) is 0 Å². The lowest BCUT2D eigenvalue weighted by atomic mass is 9.91. The van der Waals surface area contributed by atoms with Crippen LogP contribution < -0.4 is 0 Å². The van der Waals surface area contributed by atoms with E-state index in [4.69, 9.17) is 4.98 Å². The van der Waals surface area contributed by atoms with Crippen LogP contribution in [0.3, 0.4) is 0 Å². The fourth-order valence-electron chi connectivity index (χ4n) is 4.88. The number of nitrogens with zero attached hydrogens (tertiary/aromatic N) is 3. The summed E-state index contributed by atoms with van der Waals surface area (Å²) in [6.07, 6.45) is 3.75. The molecule has 0 saturated carbocycles. The van der Waals surface area contributed by atoms with E-state index in [1.54, 1.807) is 0 Å². The Labute approximate surface area is 178 Å². The molecule has 3 heteroatoms. The van der Waals surface area contributed by atoms with Crippen LogP contribution in [0.2, 0.25) is 0 Å². The third kappa shape index (κ3) is 2.29. The second-order valence-electron chi connectivity index (χ2n) is 7.94. The van der Waals surface area contributed by atoms with Crippen molar-refractivity contribution in [2.75, 3.05) is 0 Å². The number of aromatic nitrogens is 3. The minimum atomic E-state index is 0.937. The molecule has 31 heavy (non-hydrogen) atoms. The predicted molar refractivity (Wildman–Crippen MR) is 128 cm³/mol. The summed E-state index contributed by atoms with van der Waals surface area (Å²) in [5.74, 6) is 0. The molecule has 0 bridgehead atoms. The second kappa shape index (κ2) is 6.13. The highest BCUT2D eigenvalue weighted by atomic mass is 15.0. The highest BCUT2D eigenvalue weighted by molar-refractivity contribution is 6.16. The van der Waals surface area contributed by atoms with Gasteiger partial charge in [-0.1, -0.05) is 60.7 Å². The summed E-state index contributed by atoms with van der Waals surface area (Å²) in [4.78, 5) is 9.45. The molecule has 3 nitrogen and oxygen atoms in total. The molecular formula is C28H17N3. The maximum Gasteiger partial charge on any atom is 0.138 e. The Hall–Kier alpha value is -4.24. The van der Waals surface area contributed by atoms with Gasteiger partial charge >= 0.3 is 0 Å². The average molecular weight is 395 g/mol. The Morgan fingerprint density at radius 3 is 2.19 bits per heavy atom. The van der Waals surface area contributed by atoms with Crippen LogP contribution in [0.15, 0.2) is 103 Å². The first-order chi connectivity index (χ1) is 15.4. The van der Waals surface area contributed by atoms with Gasteiger partial charge in [-0.25, -0.2) is 4.98 Å². The van der Waals surface area contributed by atoms with Crippen LogP contribution in [0, 0.1) is 0 Å². The van der Waals surface area contributed by atoms with E-state index in [9.17, 15) is 0 Å². The zero-order valence-electron chi connectivity index (χ0n) is 16.7. The van der Waals surface area contributed by atoms with E-state index < -0.39 is 0 Å². The first-order valence-corrected chi connectivity index (χ1v) is 10.4. The Morgan fingerprint density at radius 1 is 0.613 bits per heavy atom. The number of benzene rings is 4. The molecule has 4 aromatic carbocycles. The molecule has 0 aliphatic carbocycles. The normalized spacial score (nSPS) is 11.9. The smallest absolute Gasteiger partial charge is 0.138 e. The van der Waals surface area contributed by atoms with Crippen molar-refractivity contribution >= 4 is 49.1 Å². The van der Waals surface area contributed by atoms with Gasteiger partial charge in [0.2, 0.25) is 0 Å². The van der Waals surface area contributed by atoms with Crippen LogP contribution in [0.5, 0.6) is 0 Å². The molecule has 3 aromatic heterocycles. The molecule has 0 radical (unpaired) electrons. The van der Waals surface area contributed by atoms with Crippen molar-refractivity contribution in [3.05, 3.63) is 103 Å². The molecule has 0 unspecified atom stereocenters. The molecular weight excluding hydrogens is 378 g/mol. The Bertz CT molecular complexity index is 1740. The van der Waals surface area contributed by atoms with Crippen molar-refractivity contribution in [3.8, 4) is 11.1 Å². The van der Waals surface area contributed by atoms with Crippen molar-refractivity contribution in [3.63, 3.8) is 0 Å². The molecule has 0 atom stereocenters. The maximum atomic E-state index is 5.09. The van der Waals surface area contributed by atoms with Gasteiger partial charge in [0.25, 0.3) is 0 Å². The summed E-state index contributed by atoms with van der Waals surface area (Å²) < 4.78 is 2.22. The standard InChI is InChI=1S/C28H17N3/c1-3-8-21-19(6-1)16-20-7-2-4-9-22(20)27(21)23-10-5-11-24-28(23)30-26-13-12-18-14-15-29-17-25(18)31(24)26/h1-17H. The summed E-state index contributed by atoms with van der Waals surface area (Å²) in [7, 11) is 0. The molecule has 3 heterocycles. The van der Waals surface area contributed by atoms with E-state index >= 15 is 0 Å². The quantitative estimate of drug-likeness (QED) is 0.280. The Balaban J connectivity index is 1.69. The van der Waals surface area contributed by atoms with Gasteiger partial charge in [0, 0.05) is 17.1 Å². The number of hydrogen-bond donors (Lipinski definition) is 0. The highest BCUT2D eigenvalue weighted by Gasteiger charge is 2.16. The van der Waals surface area contributed by atoms with E-state index in [0.29, 0.717) is 0 Å². The number of para-hydroxylation sites is 1. The van der Waals surface area contributed by atoms with Gasteiger partial charge in [-0.05, 0) is 57.4 Å². The first-order valence-electron chi connectivity index (χ1n) is 10.4. The molecule has 144 valence electrons. The number of pyridine rings is 2. The summed E-state index contributed by atoms with van der Waals surface area (Å²) in [6, 6.07) is 32.3. The Morgan fingerprint density at radius 2 is 1.39 bits per heavy atom. The number of hydrogen-bond acceptors (Lipinski definition) is 2. The zero-order valence-corrected chi connectivity index (χ0v) is 16.7. The maximum absolute atomic E-state index is 5.09. The van der Waals surface area contributed by atoms with E-state index in [2.05, 4.69) is 94.3 Å². The molecule has 0 amide bonds. The van der Waals surface area contributed by atoms with E-state index in [1.807, 2.05) is 18.5 Å². The average Bonchev–Trinajstić information content (AvgIpc) is 3.22. The second-order valence-corrected chi connectivity index (χ2v) is 7.94. The van der Waals surface area contributed by atoms with Gasteiger partial charge in [0.1, 0.15) is 5.65 Å². The SMILES string of the molecule is c1ccc2c(-c3cccc4c3nc3ccc5ccncc5n34)c3ccccc3cc2c1. The number of imidazole rings is 1. The third-order valence-corrected chi connectivity index (χ3v) is 6.24. The van der Waals surface area contributed by atoms with E-state index in [0.717, 1.165) is 33.1 Å². The van der Waals surface area contributed by atoms with Crippen LogP contribution in [-0.4, -0.2) is 14.4 Å². The third-order valence-electron chi connectivity index (χ3n) is 6.24. The topological polar surface area (TPSA) is 30.2 Å². The summed E-state index contributed by atoms with van der Waals surface area (Å²) >= 11 is 0. The first kappa shape index (κ1) is 16.5. The van der Waals surface area contributed by atoms with Crippen LogP contribution in [0.25, 0.3) is 60.3 Å². The van der Waals surface area contributed by atoms with Crippen LogP contribution in [-0.2, 0) is 0 Å². The minimum absolute atomic E-state index is 0.937. The Kier molecular flexibility index (Phi) is 3.27. The summed E-state index contributed by atoms with van der Waals surface area (Å²) in [5, 5.41) is 6.13. The molecule has 0 aliphatic heterocycles. The molecule has 0 fully saturated rings. The fourth-order valence-corrected chi connectivity index (χ4v) is 4.88. The molecule has 0 N–H and O–H groups in total. The minimum Gasteiger partial charge on any atom is -0.291 e. The largest absolute Gasteiger partial charge is 0.291 e. The molecule has 7 aromatic rings. The van der Waals surface area contributed by atoms with Gasteiger partial charge < -0.3 is 0 Å². The lowest BCUT2D eigenvalue weighted by Gasteiger charge is -2.12.